The molecule has 1 N–H and O–H groups in total. The van der Waals surface area contributed by atoms with Gasteiger partial charge in [0.05, 0.1) is 32.4 Å². The average molecular weight is 550 g/mol. The number of benzene rings is 2. The van der Waals surface area contributed by atoms with Crippen molar-refractivity contribution in [3.05, 3.63) is 65.6 Å². The minimum absolute atomic E-state index is 0. The van der Waals surface area contributed by atoms with Gasteiger partial charge in [-0.15, -0.1) is 18.8 Å². The maximum Gasteiger partial charge on any atom is 0.215 e. The predicted octanol–water partition coefficient (Wildman–Crippen LogP) is 6.04. The van der Waals surface area contributed by atoms with Crippen LogP contribution < -0.4 is 14.2 Å². The first-order valence-electron chi connectivity index (χ1n) is 12.6. The minimum atomic E-state index is -0.696. The highest BCUT2D eigenvalue weighted by Crippen LogP contribution is 2.46. The van der Waals surface area contributed by atoms with E-state index in [1.807, 2.05) is 30.3 Å². The second kappa shape index (κ2) is 12.2. The van der Waals surface area contributed by atoms with Gasteiger partial charge >= 0.3 is 0 Å². The van der Waals surface area contributed by atoms with Crippen LogP contribution in [0.25, 0.3) is 22.2 Å². The molecule has 0 spiro atoms. The molecule has 2 aromatic carbocycles. The molecule has 8 nitrogen and oxygen atoms in total. The molecular formula is C30H32ClN3O5. The van der Waals surface area contributed by atoms with Gasteiger partial charge < -0.3 is 33.3 Å². The molecule has 2 heterocycles. The number of methoxy groups -OCH3 is 2. The molecule has 204 valence electrons. The van der Waals surface area contributed by atoms with Crippen molar-refractivity contribution in [2.24, 2.45) is 5.16 Å². The first-order valence-corrected chi connectivity index (χ1v) is 12.6. The summed E-state index contributed by atoms with van der Waals surface area (Å²) in [5, 5.41) is 5.56. The quantitative estimate of drug-likeness (QED) is 0.160. The molecule has 0 saturated carbocycles. The minimum Gasteiger partial charge on any atom is -0.493 e. The van der Waals surface area contributed by atoms with Crippen molar-refractivity contribution in [3.8, 4) is 40.8 Å². The third-order valence-electron chi connectivity index (χ3n) is 6.87. The molecule has 1 aliphatic rings. The number of hydrogen-bond donors (Lipinski definition) is 1. The zero-order valence-electron chi connectivity index (χ0n) is 22.4. The summed E-state index contributed by atoms with van der Waals surface area (Å²) in [6.45, 7) is 7.76. The van der Waals surface area contributed by atoms with E-state index in [0.29, 0.717) is 29.4 Å². The molecule has 0 saturated heterocycles. The molecule has 4 aromatic rings. The Morgan fingerprint density at radius 1 is 1.05 bits per heavy atom. The van der Waals surface area contributed by atoms with Gasteiger partial charge in [0.15, 0.2) is 11.5 Å². The van der Waals surface area contributed by atoms with Crippen LogP contribution in [0, 0.1) is 12.3 Å². The SMILES string of the molecule is C#CC(O/N=C1/c2cc(OC)c(OC)cc2-c2[nH]c3ccc(OCCN(CC)CC)cc3c21)c1ccoc1.Cl. The number of H-pyrrole nitrogens is 1. The van der Waals surface area contributed by atoms with Gasteiger partial charge in [0.2, 0.25) is 6.10 Å². The number of likely N-dealkylation sites (N-methyl/N-ethyl adjacent to an activating group) is 1. The molecule has 0 bridgehead atoms. The summed E-state index contributed by atoms with van der Waals surface area (Å²) in [6.07, 6.45) is 8.16. The Kier molecular flexibility index (Phi) is 8.75. The van der Waals surface area contributed by atoms with E-state index in [4.69, 9.17) is 29.9 Å². The van der Waals surface area contributed by atoms with Crippen LogP contribution in [0.5, 0.6) is 17.2 Å². The number of hydrogen-bond acceptors (Lipinski definition) is 7. The fourth-order valence-corrected chi connectivity index (χ4v) is 4.77. The van der Waals surface area contributed by atoms with E-state index in [9.17, 15) is 0 Å². The average Bonchev–Trinajstić information content (AvgIpc) is 3.67. The lowest BCUT2D eigenvalue weighted by molar-refractivity contribution is 0.0996. The Hall–Kier alpha value is -4.06. The van der Waals surface area contributed by atoms with Crippen LogP contribution in [0.3, 0.4) is 0 Å². The van der Waals surface area contributed by atoms with E-state index < -0.39 is 6.10 Å². The number of rotatable bonds is 11. The molecule has 2 aromatic heterocycles. The molecule has 39 heavy (non-hydrogen) atoms. The first kappa shape index (κ1) is 28.0. The normalized spacial score (nSPS) is 13.5. The fraction of sp³-hybridized carbons (Fsp3) is 0.300. The van der Waals surface area contributed by atoms with Crippen LogP contribution in [0.15, 0.2) is 58.5 Å². The van der Waals surface area contributed by atoms with Crippen LogP contribution in [0.2, 0.25) is 0 Å². The smallest absolute Gasteiger partial charge is 0.215 e. The van der Waals surface area contributed by atoms with Crippen LogP contribution in [0.1, 0.15) is 36.6 Å². The van der Waals surface area contributed by atoms with E-state index in [1.54, 1.807) is 32.8 Å². The zero-order chi connectivity index (χ0) is 26.6. The molecule has 0 fully saturated rings. The molecule has 9 heteroatoms. The molecule has 1 unspecified atom stereocenters. The van der Waals surface area contributed by atoms with Gasteiger partial charge in [-0.1, -0.05) is 24.9 Å². The van der Waals surface area contributed by atoms with Gasteiger partial charge in [0.1, 0.15) is 18.1 Å². The van der Waals surface area contributed by atoms with E-state index in [0.717, 1.165) is 58.7 Å². The van der Waals surface area contributed by atoms with Crippen LogP contribution in [0.4, 0.5) is 0 Å². The van der Waals surface area contributed by atoms with Crippen molar-refractivity contribution in [2.45, 2.75) is 20.0 Å². The summed E-state index contributed by atoms with van der Waals surface area (Å²) < 4.78 is 22.5. The molecule has 1 aliphatic carbocycles. The summed E-state index contributed by atoms with van der Waals surface area (Å²) in [6, 6.07) is 11.7. The summed E-state index contributed by atoms with van der Waals surface area (Å²) >= 11 is 0. The van der Waals surface area contributed by atoms with E-state index >= 15 is 0 Å². The van der Waals surface area contributed by atoms with Crippen molar-refractivity contribution in [3.63, 3.8) is 0 Å². The highest BCUT2D eigenvalue weighted by Gasteiger charge is 2.32. The third kappa shape index (κ3) is 5.29. The maximum atomic E-state index is 6.12. The van der Waals surface area contributed by atoms with Gasteiger partial charge in [-0.2, -0.15) is 0 Å². The Bertz CT molecular complexity index is 1500. The maximum absolute atomic E-state index is 6.12. The lowest BCUT2D eigenvalue weighted by Gasteiger charge is -2.18. The Morgan fingerprint density at radius 2 is 1.79 bits per heavy atom. The number of aromatic nitrogens is 1. The summed E-state index contributed by atoms with van der Waals surface area (Å²) in [4.78, 5) is 11.8. The van der Waals surface area contributed by atoms with E-state index in [2.05, 4.69) is 34.8 Å². The van der Waals surface area contributed by atoms with E-state index in [-0.39, 0.29) is 12.4 Å². The number of nitrogens with one attached hydrogen (secondary N) is 1. The van der Waals surface area contributed by atoms with E-state index in [1.165, 1.54) is 0 Å². The van der Waals surface area contributed by atoms with Crippen molar-refractivity contribution >= 4 is 29.0 Å². The fourth-order valence-electron chi connectivity index (χ4n) is 4.77. The number of ether oxygens (including phenoxy) is 3. The monoisotopic (exact) mass is 549 g/mol. The summed E-state index contributed by atoms with van der Waals surface area (Å²) in [5.41, 5.74) is 5.92. The first-order chi connectivity index (χ1) is 18.6. The van der Waals surface area contributed by atoms with Crippen LogP contribution in [-0.2, 0) is 4.84 Å². The Balaban J connectivity index is 0.00000353. The number of furan rings is 1. The number of nitrogens with zero attached hydrogens (tertiary/aromatic N) is 2. The number of fused-ring (bicyclic) bond motifs is 5. The van der Waals surface area contributed by atoms with Crippen molar-refractivity contribution < 1.29 is 23.5 Å². The summed E-state index contributed by atoms with van der Waals surface area (Å²) in [5.74, 6) is 4.64. The van der Waals surface area contributed by atoms with Crippen LogP contribution in [-0.4, -0.2) is 56.1 Å². The third-order valence-corrected chi connectivity index (χ3v) is 6.87. The van der Waals surface area contributed by atoms with Crippen molar-refractivity contribution in [1.29, 1.82) is 0 Å². The molecule has 0 amide bonds. The zero-order valence-corrected chi connectivity index (χ0v) is 23.3. The lowest BCUT2D eigenvalue weighted by atomic mass is 10.1. The highest BCUT2D eigenvalue weighted by molar-refractivity contribution is 6.30. The second-order valence-electron chi connectivity index (χ2n) is 8.86. The summed E-state index contributed by atoms with van der Waals surface area (Å²) in [7, 11) is 3.23. The number of terminal acetylenes is 1. The van der Waals surface area contributed by atoms with Gasteiger partial charge in [0.25, 0.3) is 0 Å². The Labute approximate surface area is 234 Å². The van der Waals surface area contributed by atoms with Gasteiger partial charge in [-0.25, -0.2) is 0 Å². The van der Waals surface area contributed by atoms with Crippen molar-refractivity contribution in [1.82, 2.24) is 9.88 Å². The molecule has 5 rings (SSSR count). The molecule has 0 radical (unpaired) electrons. The topological polar surface area (TPSA) is 81.4 Å². The highest BCUT2D eigenvalue weighted by atomic mass is 35.5. The Morgan fingerprint density at radius 3 is 2.44 bits per heavy atom. The molecular weight excluding hydrogens is 518 g/mol. The van der Waals surface area contributed by atoms with Crippen LogP contribution >= 0.6 is 12.4 Å². The largest absolute Gasteiger partial charge is 0.493 e. The molecule has 1 atom stereocenters. The van der Waals surface area contributed by atoms with Gasteiger partial charge in [-0.05, 0) is 49.5 Å². The lowest BCUT2D eigenvalue weighted by Crippen LogP contribution is -2.27. The van der Waals surface area contributed by atoms with Crippen molar-refractivity contribution in [2.75, 3.05) is 40.5 Å². The number of aromatic amines is 1. The molecule has 0 aliphatic heterocycles. The standard InChI is InChI=1S/C30H31N3O5.ClH/c1-6-25(19-11-13-36-18-19)38-32-30-22-17-27(35-5)26(34-4)16-21(22)29-28(30)23-15-20(9-10-24(23)31-29)37-14-12-33(7-2)8-3;/h1,9-11,13,15-18,25,31H,7-8,12,14H2,2-5H3;1H/b32-30-;. The second-order valence-corrected chi connectivity index (χ2v) is 8.86. The van der Waals surface area contributed by atoms with Gasteiger partial charge in [-0.3, -0.25) is 0 Å². The number of oxime groups is 1. The number of halogens is 1. The van der Waals surface area contributed by atoms with Gasteiger partial charge in [0, 0.05) is 39.7 Å². The predicted molar refractivity (Wildman–Crippen MR) is 154 cm³/mol.